The van der Waals surface area contributed by atoms with Crippen molar-refractivity contribution in [2.45, 2.75) is 52.3 Å². The second kappa shape index (κ2) is 7.35. The van der Waals surface area contributed by atoms with Crippen molar-refractivity contribution in [3.05, 3.63) is 41.3 Å². The third-order valence-corrected chi connectivity index (χ3v) is 5.29. The first-order valence-electron chi connectivity index (χ1n) is 9.64. The minimum absolute atomic E-state index is 0.167. The maximum atomic E-state index is 6.27. The molecule has 27 heavy (non-hydrogen) atoms. The summed E-state index contributed by atoms with van der Waals surface area (Å²) in [5, 5.41) is 0. The van der Waals surface area contributed by atoms with E-state index in [1.54, 1.807) is 0 Å². The molecule has 1 saturated heterocycles. The number of rotatable bonds is 4. The molecule has 0 aromatic carbocycles. The second-order valence-corrected chi connectivity index (χ2v) is 7.52. The smallest absolute Gasteiger partial charge is 0.257 e. The van der Waals surface area contributed by atoms with Crippen LogP contribution >= 0.6 is 0 Å². The SMILES string of the molecule is Cc1cc(O[C@@H]2C[C@H](C)N([C@@H](C)c3ccc4c(n3)OCCO4)C2)cc(C)n1. The van der Waals surface area contributed by atoms with E-state index in [1.165, 1.54) is 0 Å². The molecule has 0 bridgehead atoms. The van der Waals surface area contributed by atoms with Gasteiger partial charge in [0.1, 0.15) is 25.1 Å². The zero-order chi connectivity index (χ0) is 19.0. The van der Waals surface area contributed by atoms with Crippen LogP contribution in [0, 0.1) is 13.8 Å². The molecule has 4 heterocycles. The van der Waals surface area contributed by atoms with E-state index in [1.807, 2.05) is 38.1 Å². The maximum Gasteiger partial charge on any atom is 0.257 e. The number of aromatic nitrogens is 2. The van der Waals surface area contributed by atoms with Crippen LogP contribution in [-0.2, 0) is 0 Å². The monoisotopic (exact) mass is 369 g/mol. The number of pyridine rings is 2. The Morgan fingerprint density at radius 3 is 2.63 bits per heavy atom. The highest BCUT2D eigenvalue weighted by Gasteiger charge is 2.35. The molecule has 1 fully saturated rings. The van der Waals surface area contributed by atoms with Crippen LogP contribution < -0.4 is 14.2 Å². The zero-order valence-corrected chi connectivity index (χ0v) is 16.4. The van der Waals surface area contributed by atoms with Gasteiger partial charge in [-0.2, -0.15) is 0 Å². The Morgan fingerprint density at radius 2 is 1.85 bits per heavy atom. The average Bonchev–Trinajstić information content (AvgIpc) is 3.00. The van der Waals surface area contributed by atoms with Crippen LogP contribution in [0.3, 0.4) is 0 Å². The van der Waals surface area contributed by atoms with Gasteiger partial charge in [0.25, 0.3) is 5.88 Å². The largest absolute Gasteiger partial charge is 0.489 e. The van der Waals surface area contributed by atoms with Crippen LogP contribution in [0.1, 0.15) is 43.4 Å². The van der Waals surface area contributed by atoms with Gasteiger partial charge in [-0.1, -0.05) is 0 Å². The minimum Gasteiger partial charge on any atom is -0.489 e. The molecule has 2 aromatic rings. The first-order valence-corrected chi connectivity index (χ1v) is 9.64. The van der Waals surface area contributed by atoms with E-state index in [0.717, 1.165) is 41.5 Å². The van der Waals surface area contributed by atoms with E-state index in [0.29, 0.717) is 25.1 Å². The van der Waals surface area contributed by atoms with Gasteiger partial charge in [-0.3, -0.25) is 9.88 Å². The second-order valence-electron chi connectivity index (χ2n) is 7.52. The Bertz CT molecular complexity index is 806. The van der Waals surface area contributed by atoms with Crippen LogP contribution in [0.25, 0.3) is 0 Å². The Morgan fingerprint density at radius 1 is 1.11 bits per heavy atom. The molecule has 0 saturated carbocycles. The molecule has 0 radical (unpaired) electrons. The fourth-order valence-electron chi connectivity index (χ4n) is 4.04. The average molecular weight is 369 g/mol. The van der Waals surface area contributed by atoms with Crippen LogP contribution in [0.2, 0.25) is 0 Å². The molecule has 4 rings (SSSR count). The summed E-state index contributed by atoms with van der Waals surface area (Å²) in [4.78, 5) is 11.6. The van der Waals surface area contributed by atoms with Crippen LogP contribution in [0.5, 0.6) is 17.4 Å². The maximum absolute atomic E-state index is 6.27. The predicted octanol–water partition coefficient (Wildman–Crippen LogP) is 3.47. The number of hydrogen-bond donors (Lipinski definition) is 0. The van der Waals surface area contributed by atoms with Gasteiger partial charge >= 0.3 is 0 Å². The van der Waals surface area contributed by atoms with Crippen molar-refractivity contribution in [1.29, 1.82) is 0 Å². The van der Waals surface area contributed by atoms with Crippen molar-refractivity contribution >= 4 is 0 Å². The molecule has 2 aromatic heterocycles. The summed E-state index contributed by atoms with van der Waals surface area (Å²) < 4.78 is 17.5. The van der Waals surface area contributed by atoms with Gasteiger partial charge in [-0.15, -0.1) is 0 Å². The van der Waals surface area contributed by atoms with Crippen molar-refractivity contribution in [3.63, 3.8) is 0 Å². The molecule has 0 unspecified atom stereocenters. The fourth-order valence-corrected chi connectivity index (χ4v) is 4.04. The fraction of sp³-hybridized carbons (Fsp3) is 0.524. The summed E-state index contributed by atoms with van der Waals surface area (Å²) in [5.74, 6) is 2.24. The lowest BCUT2D eigenvalue weighted by atomic mass is 10.1. The van der Waals surface area contributed by atoms with Crippen molar-refractivity contribution in [2.75, 3.05) is 19.8 Å². The summed E-state index contributed by atoms with van der Waals surface area (Å²) in [7, 11) is 0. The zero-order valence-electron chi connectivity index (χ0n) is 16.4. The number of ether oxygens (including phenoxy) is 3. The molecule has 6 heteroatoms. The van der Waals surface area contributed by atoms with Crippen molar-refractivity contribution in [3.8, 4) is 17.4 Å². The van der Waals surface area contributed by atoms with E-state index < -0.39 is 0 Å². The van der Waals surface area contributed by atoms with Gasteiger partial charge in [-0.25, -0.2) is 4.98 Å². The normalized spacial score (nSPS) is 23.3. The van der Waals surface area contributed by atoms with E-state index >= 15 is 0 Å². The Kier molecular flexibility index (Phi) is 4.91. The van der Waals surface area contributed by atoms with Crippen LogP contribution in [0.15, 0.2) is 24.3 Å². The molecule has 3 atom stereocenters. The molecular formula is C21H27N3O3. The van der Waals surface area contributed by atoms with E-state index in [4.69, 9.17) is 14.2 Å². The van der Waals surface area contributed by atoms with Gasteiger partial charge in [0.05, 0.1) is 5.69 Å². The van der Waals surface area contributed by atoms with Crippen molar-refractivity contribution in [2.24, 2.45) is 0 Å². The number of aryl methyl sites for hydroxylation is 2. The number of likely N-dealkylation sites (tertiary alicyclic amines) is 1. The first-order chi connectivity index (χ1) is 13.0. The van der Waals surface area contributed by atoms with Crippen molar-refractivity contribution in [1.82, 2.24) is 14.9 Å². The van der Waals surface area contributed by atoms with E-state index in [-0.39, 0.29) is 12.1 Å². The lowest BCUT2D eigenvalue weighted by molar-refractivity contribution is 0.155. The highest BCUT2D eigenvalue weighted by molar-refractivity contribution is 5.36. The van der Waals surface area contributed by atoms with E-state index in [2.05, 4.69) is 28.7 Å². The van der Waals surface area contributed by atoms with Gasteiger partial charge < -0.3 is 14.2 Å². The molecule has 2 aliphatic rings. The topological polar surface area (TPSA) is 56.7 Å². The Labute approximate surface area is 160 Å². The van der Waals surface area contributed by atoms with Crippen molar-refractivity contribution < 1.29 is 14.2 Å². The summed E-state index contributed by atoms with van der Waals surface area (Å²) in [6, 6.07) is 8.62. The standard InChI is InChI=1S/C21H27N3O3/c1-13-9-17(10-14(2)22-13)27-18-11-15(3)24(12-18)16(4)19-5-6-20-21(23-19)26-8-7-25-20/h5-6,9-10,15-16,18H,7-8,11-12H2,1-4H3/t15-,16-,18+/m0/s1. The highest BCUT2D eigenvalue weighted by Crippen LogP contribution is 2.34. The summed E-state index contributed by atoms with van der Waals surface area (Å²) in [5.41, 5.74) is 2.98. The first kappa shape index (κ1) is 18.0. The quantitative estimate of drug-likeness (QED) is 0.823. The summed E-state index contributed by atoms with van der Waals surface area (Å²) in [6.45, 7) is 10.5. The number of fused-ring (bicyclic) bond motifs is 1. The molecule has 0 N–H and O–H groups in total. The lowest BCUT2D eigenvalue weighted by Crippen LogP contribution is -2.32. The molecule has 2 aliphatic heterocycles. The van der Waals surface area contributed by atoms with Gasteiger partial charge in [0.15, 0.2) is 5.75 Å². The van der Waals surface area contributed by atoms with Crippen LogP contribution in [0.4, 0.5) is 0 Å². The summed E-state index contributed by atoms with van der Waals surface area (Å²) >= 11 is 0. The number of hydrogen-bond acceptors (Lipinski definition) is 6. The summed E-state index contributed by atoms with van der Waals surface area (Å²) in [6.07, 6.45) is 1.16. The molecule has 6 nitrogen and oxygen atoms in total. The molecule has 0 aliphatic carbocycles. The number of nitrogens with zero attached hydrogens (tertiary/aromatic N) is 3. The van der Waals surface area contributed by atoms with Gasteiger partial charge in [0.2, 0.25) is 0 Å². The van der Waals surface area contributed by atoms with Crippen LogP contribution in [-0.4, -0.2) is 46.8 Å². The minimum atomic E-state index is 0.167. The Hall–Kier alpha value is -2.34. The van der Waals surface area contributed by atoms with Gasteiger partial charge in [-0.05, 0) is 39.8 Å². The molecule has 0 amide bonds. The van der Waals surface area contributed by atoms with Gasteiger partial charge in [0, 0.05) is 48.6 Å². The van der Waals surface area contributed by atoms with E-state index in [9.17, 15) is 0 Å². The lowest BCUT2D eigenvalue weighted by Gasteiger charge is -2.28. The molecular weight excluding hydrogens is 342 g/mol. The predicted molar refractivity (Wildman–Crippen MR) is 103 cm³/mol. The molecule has 144 valence electrons. The Balaban J connectivity index is 1.46. The highest BCUT2D eigenvalue weighted by atomic mass is 16.6. The third-order valence-electron chi connectivity index (χ3n) is 5.29. The third kappa shape index (κ3) is 3.86. The molecule has 0 spiro atoms.